The summed E-state index contributed by atoms with van der Waals surface area (Å²) in [5, 5.41) is 20.7. The highest BCUT2D eigenvalue weighted by Crippen LogP contribution is 2.24. The molecule has 3 atom stereocenters. The number of aliphatic hydroxyl groups is 2. The molecule has 1 fully saturated rings. The van der Waals surface area contributed by atoms with E-state index in [1.54, 1.807) is 23.9 Å². The lowest BCUT2D eigenvalue weighted by molar-refractivity contribution is -0.139. The summed E-state index contributed by atoms with van der Waals surface area (Å²) in [6, 6.07) is 5.92. The minimum absolute atomic E-state index is 0.0722. The Morgan fingerprint density at radius 2 is 2.13 bits per heavy atom. The highest BCUT2D eigenvalue weighted by atomic mass is 19.1. The quantitative estimate of drug-likeness (QED) is 0.901. The van der Waals surface area contributed by atoms with Crippen LogP contribution in [0.1, 0.15) is 19.3 Å². The number of hydrogen-bond acceptors (Lipinski definition) is 3. The Labute approximate surface area is 133 Å². The smallest absolute Gasteiger partial charge is 0.242 e. The van der Waals surface area contributed by atoms with Gasteiger partial charge in [-0.1, -0.05) is 0 Å². The van der Waals surface area contributed by atoms with E-state index in [0.717, 1.165) is 11.8 Å². The van der Waals surface area contributed by atoms with Gasteiger partial charge in [0.2, 0.25) is 5.91 Å². The average molecular weight is 320 g/mol. The zero-order chi connectivity index (χ0) is 16.6. The predicted molar refractivity (Wildman–Crippen MR) is 84.3 cm³/mol. The van der Waals surface area contributed by atoms with Crippen molar-refractivity contribution in [3.8, 4) is 0 Å². The van der Waals surface area contributed by atoms with E-state index in [4.69, 9.17) is 0 Å². The van der Waals surface area contributed by atoms with Gasteiger partial charge in [0.05, 0.1) is 17.7 Å². The maximum absolute atomic E-state index is 13.4. The van der Waals surface area contributed by atoms with E-state index in [2.05, 4.69) is 0 Å². The van der Waals surface area contributed by atoms with Gasteiger partial charge in [-0.05, 0) is 48.9 Å². The van der Waals surface area contributed by atoms with Gasteiger partial charge < -0.3 is 19.7 Å². The zero-order valence-corrected chi connectivity index (χ0v) is 13.0. The van der Waals surface area contributed by atoms with E-state index in [1.807, 2.05) is 6.07 Å². The Kier molecular flexibility index (Phi) is 4.37. The molecule has 1 aliphatic carbocycles. The molecule has 3 rings (SSSR count). The van der Waals surface area contributed by atoms with Gasteiger partial charge in [0, 0.05) is 13.2 Å². The first-order chi connectivity index (χ1) is 11.0. The molecule has 1 heterocycles. The highest BCUT2D eigenvalue weighted by molar-refractivity contribution is 5.83. The first-order valence-corrected chi connectivity index (χ1v) is 7.83. The number of amides is 1. The Hall–Kier alpha value is -1.92. The minimum atomic E-state index is -0.920. The maximum Gasteiger partial charge on any atom is 0.242 e. The van der Waals surface area contributed by atoms with Crippen LogP contribution in [0.15, 0.2) is 30.5 Å². The molecular weight excluding hydrogens is 299 g/mol. The first-order valence-electron chi connectivity index (χ1n) is 7.83. The fraction of sp³-hybridized carbons (Fsp3) is 0.471. The number of aliphatic hydroxyl groups excluding tert-OH is 2. The molecule has 2 aromatic rings. The standard InChI is InChI=1S/C17H21FN2O3/c1-19(13-3-2-4-15(21)17(13)23)16(22)10-20-8-7-11-5-6-12(18)9-14(11)20/h5-9,13,15,17,21,23H,2-4,10H2,1H3/t13-,15-,17-/m1/s1. The van der Waals surface area contributed by atoms with Crippen LogP contribution in [0, 0.1) is 5.82 Å². The van der Waals surface area contributed by atoms with Crippen molar-refractivity contribution in [1.29, 1.82) is 0 Å². The van der Waals surface area contributed by atoms with Crippen molar-refractivity contribution in [1.82, 2.24) is 9.47 Å². The largest absolute Gasteiger partial charge is 0.390 e. The van der Waals surface area contributed by atoms with Gasteiger partial charge >= 0.3 is 0 Å². The number of halogens is 1. The molecule has 2 N–H and O–H groups in total. The topological polar surface area (TPSA) is 65.7 Å². The van der Waals surface area contributed by atoms with Crippen molar-refractivity contribution in [2.24, 2.45) is 0 Å². The van der Waals surface area contributed by atoms with Crippen LogP contribution in [0.2, 0.25) is 0 Å². The van der Waals surface area contributed by atoms with Crippen LogP contribution in [0.5, 0.6) is 0 Å². The summed E-state index contributed by atoms with van der Waals surface area (Å²) in [6.07, 6.45) is 2.05. The summed E-state index contributed by atoms with van der Waals surface area (Å²) in [5.74, 6) is -0.519. The van der Waals surface area contributed by atoms with Gasteiger partial charge in [0.15, 0.2) is 0 Å². The summed E-state index contributed by atoms with van der Waals surface area (Å²) in [7, 11) is 1.64. The number of carbonyl (C=O) groups excluding carboxylic acids is 1. The second-order valence-corrected chi connectivity index (χ2v) is 6.21. The SMILES string of the molecule is CN(C(=O)Cn1ccc2ccc(F)cc21)[C@@H]1CCC[C@@H](O)[C@@H]1O. The number of likely N-dealkylation sites (N-methyl/N-ethyl adjacent to an activating group) is 1. The molecule has 1 amide bonds. The molecule has 1 aromatic heterocycles. The van der Waals surface area contributed by atoms with Crippen LogP contribution in [0.25, 0.3) is 10.9 Å². The Morgan fingerprint density at radius 3 is 2.91 bits per heavy atom. The normalized spacial score (nSPS) is 24.8. The van der Waals surface area contributed by atoms with E-state index in [9.17, 15) is 19.4 Å². The van der Waals surface area contributed by atoms with Gasteiger partial charge in [-0.2, -0.15) is 0 Å². The molecule has 0 saturated heterocycles. The molecule has 0 spiro atoms. The summed E-state index contributed by atoms with van der Waals surface area (Å²) >= 11 is 0. The number of aromatic nitrogens is 1. The number of hydrogen-bond donors (Lipinski definition) is 2. The van der Waals surface area contributed by atoms with Crippen molar-refractivity contribution in [3.05, 3.63) is 36.3 Å². The molecule has 0 bridgehead atoms. The lowest BCUT2D eigenvalue weighted by Crippen LogP contribution is -2.52. The number of carbonyl (C=O) groups is 1. The van der Waals surface area contributed by atoms with E-state index in [1.165, 1.54) is 17.0 Å². The average Bonchev–Trinajstić information content (AvgIpc) is 2.91. The van der Waals surface area contributed by atoms with Crippen LogP contribution in [-0.4, -0.2) is 50.9 Å². The van der Waals surface area contributed by atoms with E-state index in [-0.39, 0.29) is 24.3 Å². The second-order valence-electron chi connectivity index (χ2n) is 6.21. The Morgan fingerprint density at radius 1 is 1.35 bits per heavy atom. The molecule has 1 aliphatic rings. The van der Waals surface area contributed by atoms with Crippen LogP contribution in [0.4, 0.5) is 4.39 Å². The third-order valence-corrected chi connectivity index (χ3v) is 4.72. The molecule has 23 heavy (non-hydrogen) atoms. The second kappa shape index (κ2) is 6.29. The molecule has 1 saturated carbocycles. The lowest BCUT2D eigenvalue weighted by atomic mass is 9.89. The van der Waals surface area contributed by atoms with Crippen LogP contribution < -0.4 is 0 Å². The number of fused-ring (bicyclic) bond motifs is 1. The minimum Gasteiger partial charge on any atom is -0.390 e. The van der Waals surface area contributed by atoms with Gasteiger partial charge in [-0.3, -0.25) is 4.79 Å². The van der Waals surface area contributed by atoms with E-state index >= 15 is 0 Å². The zero-order valence-electron chi connectivity index (χ0n) is 13.0. The fourth-order valence-corrected chi connectivity index (χ4v) is 3.29. The van der Waals surface area contributed by atoms with Crippen molar-refractivity contribution in [2.45, 2.75) is 44.1 Å². The molecule has 0 aliphatic heterocycles. The monoisotopic (exact) mass is 320 g/mol. The van der Waals surface area contributed by atoms with Crippen molar-refractivity contribution >= 4 is 16.8 Å². The molecule has 0 unspecified atom stereocenters. The highest BCUT2D eigenvalue weighted by Gasteiger charge is 2.34. The van der Waals surface area contributed by atoms with Crippen molar-refractivity contribution in [2.75, 3.05) is 7.05 Å². The van der Waals surface area contributed by atoms with Gasteiger partial charge in [-0.15, -0.1) is 0 Å². The van der Waals surface area contributed by atoms with Crippen LogP contribution in [0.3, 0.4) is 0 Å². The molecule has 5 nitrogen and oxygen atoms in total. The summed E-state index contributed by atoms with van der Waals surface area (Å²) in [6.45, 7) is 0.0722. The van der Waals surface area contributed by atoms with Crippen LogP contribution in [-0.2, 0) is 11.3 Å². The number of rotatable bonds is 3. The van der Waals surface area contributed by atoms with Crippen molar-refractivity contribution < 1.29 is 19.4 Å². The molecule has 124 valence electrons. The Bertz CT molecular complexity index is 715. The molecule has 1 aromatic carbocycles. The van der Waals surface area contributed by atoms with E-state index in [0.29, 0.717) is 18.4 Å². The molecule has 6 heteroatoms. The Balaban J connectivity index is 1.76. The molecule has 0 radical (unpaired) electrons. The van der Waals surface area contributed by atoms with Gasteiger partial charge in [-0.25, -0.2) is 4.39 Å². The third-order valence-electron chi connectivity index (χ3n) is 4.72. The summed E-state index contributed by atoms with van der Waals surface area (Å²) in [5.41, 5.74) is 0.663. The first kappa shape index (κ1) is 16.0. The summed E-state index contributed by atoms with van der Waals surface area (Å²) in [4.78, 5) is 14.0. The fourth-order valence-electron chi connectivity index (χ4n) is 3.29. The van der Waals surface area contributed by atoms with Crippen molar-refractivity contribution in [3.63, 3.8) is 0 Å². The molecular formula is C17H21FN2O3. The van der Waals surface area contributed by atoms with Gasteiger partial charge in [0.1, 0.15) is 18.5 Å². The lowest BCUT2D eigenvalue weighted by Gasteiger charge is -2.37. The summed E-state index contributed by atoms with van der Waals surface area (Å²) < 4.78 is 15.1. The van der Waals surface area contributed by atoms with Crippen LogP contribution >= 0.6 is 0 Å². The maximum atomic E-state index is 13.4. The van der Waals surface area contributed by atoms with E-state index < -0.39 is 12.2 Å². The van der Waals surface area contributed by atoms with Gasteiger partial charge in [0.25, 0.3) is 0 Å². The number of benzene rings is 1. The predicted octanol–water partition coefficient (Wildman–Crippen LogP) is 1.51. The third kappa shape index (κ3) is 3.09. The number of nitrogens with zero attached hydrogens (tertiary/aromatic N) is 2.